The zero-order chi connectivity index (χ0) is 23.7. The smallest absolute Gasteiger partial charge is 0.247 e. The van der Waals surface area contributed by atoms with Gasteiger partial charge in [-0.2, -0.15) is 0 Å². The Kier molecular flexibility index (Phi) is 6.58. The van der Waals surface area contributed by atoms with Crippen LogP contribution in [0.15, 0.2) is 59.1 Å². The van der Waals surface area contributed by atoms with Crippen molar-refractivity contribution in [3.05, 3.63) is 81.1 Å². The summed E-state index contributed by atoms with van der Waals surface area (Å²) in [5.41, 5.74) is 5.44. The summed E-state index contributed by atoms with van der Waals surface area (Å²) in [7, 11) is 3.08. The van der Waals surface area contributed by atoms with Crippen molar-refractivity contribution in [2.24, 2.45) is 4.99 Å². The van der Waals surface area contributed by atoms with Crippen molar-refractivity contribution in [2.75, 3.05) is 26.1 Å². The van der Waals surface area contributed by atoms with Crippen LogP contribution in [-0.2, 0) is 4.79 Å². The number of methoxy groups -OCH3 is 2. The Labute approximate surface area is 201 Å². The van der Waals surface area contributed by atoms with E-state index in [-0.39, 0.29) is 0 Å². The predicted molar refractivity (Wildman–Crippen MR) is 130 cm³/mol. The molecular formula is C25H21Cl2FN2O3. The van der Waals surface area contributed by atoms with Gasteiger partial charge < -0.3 is 14.8 Å². The SMILES string of the molecule is C=CC(=O)Nc1cc(F)ccc1C1=NCC2=C1CCC(c1c(Cl)c(OC)cc(OC)c1Cl)=C2. The lowest BCUT2D eigenvalue weighted by atomic mass is 9.86. The highest BCUT2D eigenvalue weighted by atomic mass is 35.5. The number of halogens is 3. The van der Waals surface area contributed by atoms with Gasteiger partial charge >= 0.3 is 0 Å². The third-order valence-electron chi connectivity index (χ3n) is 5.65. The minimum Gasteiger partial charge on any atom is -0.495 e. The first-order chi connectivity index (χ1) is 15.9. The number of benzene rings is 2. The Hall–Kier alpha value is -3.09. The van der Waals surface area contributed by atoms with Gasteiger partial charge in [0.25, 0.3) is 0 Å². The Balaban J connectivity index is 1.75. The highest BCUT2D eigenvalue weighted by Crippen LogP contribution is 2.47. The lowest BCUT2D eigenvalue weighted by Gasteiger charge is -2.21. The number of nitrogens with zero attached hydrogens (tertiary/aromatic N) is 1. The van der Waals surface area contributed by atoms with Gasteiger partial charge in [-0.05, 0) is 53.8 Å². The third-order valence-corrected chi connectivity index (χ3v) is 6.40. The van der Waals surface area contributed by atoms with Crippen LogP contribution < -0.4 is 14.8 Å². The van der Waals surface area contributed by atoms with Crippen molar-refractivity contribution >= 4 is 46.1 Å². The van der Waals surface area contributed by atoms with Crippen LogP contribution in [0.3, 0.4) is 0 Å². The largest absolute Gasteiger partial charge is 0.495 e. The normalized spacial score (nSPS) is 14.9. The topological polar surface area (TPSA) is 59.9 Å². The molecule has 1 aliphatic carbocycles. The second kappa shape index (κ2) is 9.41. The fraction of sp³-hybridized carbons (Fsp3) is 0.200. The van der Waals surface area contributed by atoms with E-state index >= 15 is 0 Å². The molecule has 0 aromatic heterocycles. The van der Waals surface area contributed by atoms with Crippen LogP contribution in [-0.4, -0.2) is 32.4 Å². The summed E-state index contributed by atoms with van der Waals surface area (Å²) < 4.78 is 24.7. The number of rotatable bonds is 6. The minimum absolute atomic E-state index is 0.353. The van der Waals surface area contributed by atoms with Crippen molar-refractivity contribution in [3.8, 4) is 11.5 Å². The van der Waals surface area contributed by atoms with Crippen LogP contribution in [0.2, 0.25) is 10.0 Å². The van der Waals surface area contributed by atoms with Gasteiger partial charge in [-0.15, -0.1) is 0 Å². The number of allylic oxidation sites excluding steroid dienone is 2. The minimum atomic E-state index is -0.451. The first-order valence-corrected chi connectivity index (χ1v) is 10.9. The van der Waals surface area contributed by atoms with E-state index in [4.69, 9.17) is 37.7 Å². The molecular weight excluding hydrogens is 466 g/mol. The summed E-state index contributed by atoms with van der Waals surface area (Å²) in [5, 5.41) is 3.51. The zero-order valence-electron chi connectivity index (χ0n) is 18.1. The summed E-state index contributed by atoms with van der Waals surface area (Å²) in [6.07, 6.45) is 4.51. The van der Waals surface area contributed by atoms with Crippen LogP contribution in [0.25, 0.3) is 5.57 Å². The van der Waals surface area contributed by atoms with Gasteiger partial charge in [0.05, 0.1) is 42.2 Å². The van der Waals surface area contributed by atoms with E-state index in [9.17, 15) is 9.18 Å². The molecule has 0 atom stereocenters. The van der Waals surface area contributed by atoms with Crippen LogP contribution in [0.4, 0.5) is 10.1 Å². The molecule has 2 aromatic carbocycles. The highest BCUT2D eigenvalue weighted by Gasteiger charge is 2.28. The number of anilines is 1. The van der Waals surface area contributed by atoms with E-state index in [1.54, 1.807) is 12.1 Å². The van der Waals surface area contributed by atoms with Gasteiger partial charge in [0.15, 0.2) is 0 Å². The van der Waals surface area contributed by atoms with E-state index in [0.717, 1.165) is 28.5 Å². The van der Waals surface area contributed by atoms with Gasteiger partial charge in [0, 0.05) is 17.2 Å². The number of nitrogens with one attached hydrogen (secondary N) is 1. The molecule has 2 aromatic rings. The molecule has 8 heteroatoms. The maximum absolute atomic E-state index is 13.9. The van der Waals surface area contributed by atoms with E-state index in [2.05, 4.69) is 11.9 Å². The van der Waals surface area contributed by atoms with Gasteiger partial charge in [-0.1, -0.05) is 35.9 Å². The molecule has 0 spiro atoms. The van der Waals surface area contributed by atoms with E-state index in [1.807, 2.05) is 6.08 Å². The summed E-state index contributed by atoms with van der Waals surface area (Å²) in [4.78, 5) is 16.5. The molecule has 1 aliphatic heterocycles. The molecule has 0 bridgehead atoms. The van der Waals surface area contributed by atoms with E-state index < -0.39 is 11.7 Å². The molecule has 4 rings (SSSR count). The van der Waals surface area contributed by atoms with Crippen molar-refractivity contribution in [3.63, 3.8) is 0 Å². The fourth-order valence-electron chi connectivity index (χ4n) is 4.08. The second-order valence-electron chi connectivity index (χ2n) is 7.51. The fourth-order valence-corrected chi connectivity index (χ4v) is 4.83. The average molecular weight is 487 g/mol. The third kappa shape index (κ3) is 4.28. The van der Waals surface area contributed by atoms with E-state index in [1.165, 1.54) is 26.4 Å². The lowest BCUT2D eigenvalue weighted by molar-refractivity contribution is -0.111. The molecule has 0 saturated heterocycles. The Morgan fingerprint density at radius 3 is 2.48 bits per heavy atom. The molecule has 33 heavy (non-hydrogen) atoms. The summed E-state index contributed by atoms with van der Waals surface area (Å²) in [5.74, 6) is 0.0847. The molecule has 1 amide bonds. The van der Waals surface area contributed by atoms with Gasteiger partial charge in [0.1, 0.15) is 17.3 Å². The van der Waals surface area contributed by atoms with Gasteiger partial charge in [-0.3, -0.25) is 9.79 Å². The van der Waals surface area contributed by atoms with Crippen LogP contribution >= 0.6 is 23.2 Å². The molecule has 0 saturated carbocycles. The van der Waals surface area contributed by atoms with Gasteiger partial charge in [0.2, 0.25) is 5.91 Å². The first-order valence-electron chi connectivity index (χ1n) is 10.2. The molecule has 170 valence electrons. The average Bonchev–Trinajstić information content (AvgIpc) is 3.22. The molecule has 5 nitrogen and oxygen atoms in total. The van der Waals surface area contributed by atoms with E-state index in [0.29, 0.717) is 57.7 Å². The number of hydrogen-bond acceptors (Lipinski definition) is 4. The van der Waals surface area contributed by atoms with Gasteiger partial charge in [-0.25, -0.2) is 4.39 Å². The quantitative estimate of drug-likeness (QED) is 0.490. The van der Waals surface area contributed by atoms with Crippen molar-refractivity contribution in [2.45, 2.75) is 12.8 Å². The number of amides is 1. The number of carbonyl (C=O) groups excluding carboxylic acids is 1. The molecule has 1 N–H and O–H groups in total. The zero-order valence-corrected chi connectivity index (χ0v) is 19.6. The highest BCUT2D eigenvalue weighted by molar-refractivity contribution is 6.39. The Morgan fingerprint density at radius 2 is 1.85 bits per heavy atom. The van der Waals surface area contributed by atoms with Crippen LogP contribution in [0, 0.1) is 5.82 Å². The van der Waals surface area contributed by atoms with Crippen LogP contribution in [0.1, 0.15) is 24.0 Å². The number of aliphatic imine (C=N–C) groups is 1. The van der Waals surface area contributed by atoms with Crippen LogP contribution in [0.5, 0.6) is 11.5 Å². The monoisotopic (exact) mass is 486 g/mol. The van der Waals surface area contributed by atoms with Crippen molar-refractivity contribution < 1.29 is 18.7 Å². The van der Waals surface area contributed by atoms with Crippen molar-refractivity contribution in [1.29, 1.82) is 0 Å². The summed E-state index contributed by atoms with van der Waals surface area (Å²) in [6.45, 7) is 3.91. The predicted octanol–water partition coefficient (Wildman–Crippen LogP) is 6.25. The second-order valence-corrected chi connectivity index (χ2v) is 8.26. The lowest BCUT2D eigenvalue weighted by Crippen LogP contribution is -2.14. The maximum atomic E-state index is 13.9. The standard InChI is InChI=1S/C25H21Cl2FN2O3/c1-4-21(31)30-18-10-15(28)6-8-17(18)25-16-7-5-13(9-14(16)12-29-25)22-23(26)19(32-2)11-20(33-3)24(22)27/h4,6,8-11H,1,5,7,12H2,2-3H3,(H,30,31). The van der Waals surface area contributed by atoms with Crippen molar-refractivity contribution in [1.82, 2.24) is 0 Å². The molecule has 0 radical (unpaired) electrons. The number of carbonyl (C=O) groups is 1. The molecule has 1 heterocycles. The molecule has 2 aliphatic rings. The summed E-state index contributed by atoms with van der Waals surface area (Å²) in [6, 6.07) is 5.92. The maximum Gasteiger partial charge on any atom is 0.247 e. The molecule has 0 unspecified atom stereocenters. The molecule has 0 fully saturated rings. The number of ether oxygens (including phenoxy) is 2. The Morgan fingerprint density at radius 1 is 1.15 bits per heavy atom. The number of hydrogen-bond donors (Lipinski definition) is 1. The summed E-state index contributed by atoms with van der Waals surface area (Å²) >= 11 is 13.2. The Bertz CT molecular complexity index is 1240. The first kappa shape index (κ1) is 23.1.